The second-order valence-electron chi connectivity index (χ2n) is 5.57. The summed E-state index contributed by atoms with van der Waals surface area (Å²) in [6.07, 6.45) is 0.106. The van der Waals surface area contributed by atoms with E-state index in [1.54, 1.807) is 17.5 Å². The van der Waals surface area contributed by atoms with Crippen LogP contribution in [0, 0.1) is 5.82 Å². The first-order valence-electron chi connectivity index (χ1n) is 7.83. The van der Waals surface area contributed by atoms with Gasteiger partial charge in [-0.15, -0.1) is 22.7 Å². The van der Waals surface area contributed by atoms with E-state index >= 15 is 0 Å². The summed E-state index contributed by atoms with van der Waals surface area (Å²) in [5.41, 5.74) is 1.25. The molecule has 3 rings (SSSR count). The number of hydrogen-bond acceptors (Lipinski definition) is 5. The topological polar surface area (TPSA) is 71.1 Å². The van der Waals surface area contributed by atoms with Gasteiger partial charge in [-0.25, -0.2) is 9.37 Å². The van der Waals surface area contributed by atoms with E-state index in [1.165, 1.54) is 41.7 Å². The van der Waals surface area contributed by atoms with E-state index in [9.17, 15) is 14.0 Å². The van der Waals surface area contributed by atoms with Gasteiger partial charge < -0.3 is 10.6 Å². The molecule has 8 heteroatoms. The van der Waals surface area contributed by atoms with E-state index in [-0.39, 0.29) is 30.1 Å². The Bertz CT molecular complexity index is 909. The highest BCUT2D eigenvalue weighted by molar-refractivity contribution is 7.14. The molecule has 0 radical (unpaired) electrons. The van der Waals surface area contributed by atoms with Crippen molar-refractivity contribution < 1.29 is 14.0 Å². The lowest BCUT2D eigenvalue weighted by Crippen LogP contribution is -2.29. The van der Waals surface area contributed by atoms with Crippen LogP contribution in [0.5, 0.6) is 0 Å². The minimum atomic E-state index is -0.379. The maximum atomic E-state index is 13.3. The highest BCUT2D eigenvalue weighted by Crippen LogP contribution is 2.27. The molecule has 2 N–H and O–H groups in total. The molecule has 1 aromatic carbocycles. The number of nitrogens with one attached hydrogen (secondary N) is 2. The number of thiophene rings is 1. The van der Waals surface area contributed by atoms with Crippen molar-refractivity contribution in [2.75, 3.05) is 5.32 Å². The third-order valence-electron chi connectivity index (χ3n) is 3.52. The van der Waals surface area contributed by atoms with Gasteiger partial charge in [-0.2, -0.15) is 0 Å². The maximum absolute atomic E-state index is 13.3. The van der Waals surface area contributed by atoms with Crippen LogP contribution in [0.1, 0.15) is 24.3 Å². The fourth-order valence-electron chi connectivity index (χ4n) is 2.42. The molecule has 5 nitrogen and oxygen atoms in total. The quantitative estimate of drug-likeness (QED) is 0.663. The molecular weight excluding hydrogens is 373 g/mol. The molecule has 0 saturated heterocycles. The average Bonchev–Trinajstić information content (AvgIpc) is 3.25. The molecule has 2 amide bonds. The fourth-order valence-corrected chi connectivity index (χ4v) is 3.94. The number of hydrogen-bond donors (Lipinski definition) is 2. The van der Waals surface area contributed by atoms with Gasteiger partial charge in [0.1, 0.15) is 5.82 Å². The number of rotatable bonds is 6. The maximum Gasteiger partial charge on any atom is 0.228 e. The molecule has 134 valence electrons. The molecule has 1 unspecified atom stereocenters. The highest BCUT2D eigenvalue weighted by atomic mass is 32.1. The van der Waals surface area contributed by atoms with Crippen LogP contribution in [-0.2, 0) is 9.59 Å². The molecule has 0 fully saturated rings. The first kappa shape index (κ1) is 18.2. The molecule has 3 aromatic rings. The summed E-state index contributed by atoms with van der Waals surface area (Å²) >= 11 is 2.75. The number of benzene rings is 1. The van der Waals surface area contributed by atoms with Gasteiger partial charge >= 0.3 is 0 Å². The normalized spacial score (nSPS) is 11.8. The minimum absolute atomic E-state index is 0.106. The standard InChI is InChI=1S/C18H16FN3O2S2/c1-11(23)20-14(16-6-3-7-25-16)9-17(24)22-18-21-15(10-26-18)12-4-2-5-13(19)8-12/h2-8,10,14H,9H2,1H3,(H,20,23)(H,21,22,24). The number of nitrogens with zero attached hydrogens (tertiary/aromatic N) is 1. The van der Waals surface area contributed by atoms with E-state index in [0.29, 0.717) is 16.4 Å². The van der Waals surface area contributed by atoms with E-state index in [1.807, 2.05) is 17.5 Å². The highest BCUT2D eigenvalue weighted by Gasteiger charge is 2.19. The van der Waals surface area contributed by atoms with E-state index < -0.39 is 0 Å². The molecule has 0 aliphatic rings. The summed E-state index contributed by atoms with van der Waals surface area (Å²) in [6, 6.07) is 9.50. The van der Waals surface area contributed by atoms with E-state index in [0.717, 1.165) is 4.88 Å². The SMILES string of the molecule is CC(=O)NC(CC(=O)Nc1nc(-c2cccc(F)c2)cs1)c1cccs1. The van der Waals surface area contributed by atoms with Gasteiger partial charge in [0.25, 0.3) is 0 Å². The third kappa shape index (κ3) is 4.74. The number of anilines is 1. The summed E-state index contributed by atoms with van der Waals surface area (Å²) in [5, 5.41) is 9.62. The molecule has 0 spiro atoms. The lowest BCUT2D eigenvalue weighted by atomic mass is 10.1. The Morgan fingerprint density at radius 3 is 2.77 bits per heavy atom. The van der Waals surface area contributed by atoms with Gasteiger partial charge in [-0.3, -0.25) is 9.59 Å². The van der Waals surface area contributed by atoms with Crippen molar-refractivity contribution in [3.05, 3.63) is 57.9 Å². The summed E-state index contributed by atoms with van der Waals surface area (Å²) in [4.78, 5) is 29.0. The number of amides is 2. The molecule has 0 saturated carbocycles. The van der Waals surface area contributed by atoms with Gasteiger partial charge in [-0.05, 0) is 23.6 Å². The Morgan fingerprint density at radius 1 is 1.23 bits per heavy atom. The van der Waals surface area contributed by atoms with Crippen LogP contribution in [0.3, 0.4) is 0 Å². The third-order valence-corrected chi connectivity index (χ3v) is 5.27. The zero-order valence-electron chi connectivity index (χ0n) is 13.9. The Balaban J connectivity index is 1.67. The predicted molar refractivity (Wildman–Crippen MR) is 102 cm³/mol. The molecule has 0 aliphatic heterocycles. The molecule has 26 heavy (non-hydrogen) atoms. The van der Waals surface area contributed by atoms with E-state index in [4.69, 9.17) is 0 Å². The van der Waals surface area contributed by atoms with Gasteiger partial charge in [-0.1, -0.05) is 18.2 Å². The number of halogens is 1. The van der Waals surface area contributed by atoms with Crippen LogP contribution in [0.2, 0.25) is 0 Å². The monoisotopic (exact) mass is 389 g/mol. The Kier molecular flexibility index (Phi) is 5.75. The summed E-state index contributed by atoms with van der Waals surface area (Å²) in [5.74, 6) is -0.786. The van der Waals surface area contributed by atoms with Crippen molar-refractivity contribution in [3.63, 3.8) is 0 Å². The molecule has 1 atom stereocenters. The van der Waals surface area contributed by atoms with Crippen molar-refractivity contribution in [2.24, 2.45) is 0 Å². The largest absolute Gasteiger partial charge is 0.348 e. The van der Waals surface area contributed by atoms with Crippen LogP contribution in [0.4, 0.5) is 9.52 Å². The zero-order chi connectivity index (χ0) is 18.5. The molecule has 2 aromatic heterocycles. The van der Waals surface area contributed by atoms with Crippen molar-refractivity contribution in [1.82, 2.24) is 10.3 Å². The number of carbonyl (C=O) groups is 2. The van der Waals surface area contributed by atoms with Gasteiger partial charge in [0.15, 0.2) is 5.13 Å². The van der Waals surface area contributed by atoms with Gasteiger partial charge in [0.05, 0.1) is 18.2 Å². The van der Waals surface area contributed by atoms with Gasteiger partial charge in [0, 0.05) is 22.7 Å². The number of aromatic nitrogens is 1. The predicted octanol–water partition coefficient (Wildman–Crippen LogP) is 4.22. The van der Waals surface area contributed by atoms with Crippen molar-refractivity contribution in [3.8, 4) is 11.3 Å². The molecule has 0 aliphatic carbocycles. The van der Waals surface area contributed by atoms with E-state index in [2.05, 4.69) is 15.6 Å². The Labute approximate surface area is 157 Å². The van der Waals surface area contributed by atoms with Crippen molar-refractivity contribution >= 4 is 39.6 Å². The average molecular weight is 389 g/mol. The number of carbonyl (C=O) groups excluding carboxylic acids is 2. The zero-order valence-corrected chi connectivity index (χ0v) is 15.5. The van der Waals surface area contributed by atoms with Crippen LogP contribution >= 0.6 is 22.7 Å². The van der Waals surface area contributed by atoms with Crippen LogP contribution in [0.25, 0.3) is 11.3 Å². The van der Waals surface area contributed by atoms with Crippen molar-refractivity contribution in [1.29, 1.82) is 0 Å². The van der Waals surface area contributed by atoms with Crippen molar-refractivity contribution in [2.45, 2.75) is 19.4 Å². The Morgan fingerprint density at radius 2 is 2.08 bits per heavy atom. The minimum Gasteiger partial charge on any atom is -0.348 e. The second kappa shape index (κ2) is 8.20. The fraction of sp³-hybridized carbons (Fsp3) is 0.167. The van der Waals surface area contributed by atoms with Gasteiger partial charge in [0.2, 0.25) is 11.8 Å². The summed E-state index contributed by atoms with van der Waals surface area (Å²) in [6.45, 7) is 1.42. The smallest absolute Gasteiger partial charge is 0.228 e. The first-order valence-corrected chi connectivity index (χ1v) is 9.59. The van der Waals surface area contributed by atoms with Crippen LogP contribution < -0.4 is 10.6 Å². The molecular formula is C18H16FN3O2S2. The molecule has 2 heterocycles. The summed E-state index contributed by atoms with van der Waals surface area (Å²) in [7, 11) is 0. The number of thiazole rings is 1. The van der Waals surface area contributed by atoms with Crippen LogP contribution in [-0.4, -0.2) is 16.8 Å². The molecule has 0 bridgehead atoms. The lowest BCUT2D eigenvalue weighted by molar-refractivity contribution is -0.120. The summed E-state index contributed by atoms with van der Waals surface area (Å²) < 4.78 is 13.3. The van der Waals surface area contributed by atoms with Crippen LogP contribution in [0.15, 0.2) is 47.2 Å². The second-order valence-corrected chi connectivity index (χ2v) is 7.41. The Hall–Kier alpha value is -2.58. The first-order chi connectivity index (χ1) is 12.5. The lowest BCUT2D eigenvalue weighted by Gasteiger charge is -2.15.